The number of aliphatic carboxylic acids is 1. The number of nitrogens with two attached hydrogens (primary N) is 1. The van der Waals surface area contributed by atoms with Crippen LogP contribution in [0.25, 0.3) is 0 Å². The molecular weight excluding hydrogens is 329 g/mol. The van der Waals surface area contributed by atoms with Crippen LogP contribution in [0.1, 0.15) is 18.4 Å². The van der Waals surface area contributed by atoms with E-state index in [4.69, 9.17) is 15.6 Å². The van der Waals surface area contributed by atoms with Crippen LogP contribution in [0.3, 0.4) is 0 Å². The van der Waals surface area contributed by atoms with Crippen molar-refractivity contribution in [1.29, 1.82) is 0 Å². The summed E-state index contributed by atoms with van der Waals surface area (Å²) in [6.07, 6.45) is -0.354. The van der Waals surface area contributed by atoms with E-state index in [1.807, 2.05) is 30.3 Å². The third-order valence-corrected chi connectivity index (χ3v) is 5.60. The maximum absolute atomic E-state index is 12.3. The molecule has 24 heavy (non-hydrogen) atoms. The first-order valence-corrected chi connectivity index (χ1v) is 9.39. The summed E-state index contributed by atoms with van der Waals surface area (Å²) in [5.41, 5.74) is 6.32. The lowest BCUT2D eigenvalue weighted by Crippen LogP contribution is -2.22. The molecule has 2 rings (SSSR count). The molecule has 2 unspecified atom stereocenters. The number of carboxylic acid groups (broad SMARTS) is 1. The predicted molar refractivity (Wildman–Crippen MR) is 91.3 cm³/mol. The molecule has 0 aliphatic carbocycles. The molecule has 7 heteroatoms. The summed E-state index contributed by atoms with van der Waals surface area (Å²) in [7, 11) is -3.67. The lowest BCUT2D eigenvalue weighted by molar-refractivity contribution is -0.137. The molecule has 0 bridgehead atoms. The fraction of sp³-hybridized carbons (Fsp3) is 0.235. The summed E-state index contributed by atoms with van der Waals surface area (Å²) in [5.74, 6) is -0.761. The number of ether oxygens (including phenoxy) is 1. The zero-order valence-corrected chi connectivity index (χ0v) is 13.9. The van der Waals surface area contributed by atoms with E-state index < -0.39 is 19.1 Å². The Morgan fingerprint density at radius 2 is 1.67 bits per heavy atom. The Labute approximate surface area is 140 Å². The summed E-state index contributed by atoms with van der Waals surface area (Å²) in [6, 6.07) is 16.1. The Bertz CT molecular complexity index is 718. The minimum absolute atomic E-state index is 0.0295. The van der Waals surface area contributed by atoms with Gasteiger partial charge in [-0.2, -0.15) is 0 Å². The molecule has 0 amide bonds. The zero-order chi connectivity index (χ0) is 17.6. The van der Waals surface area contributed by atoms with Crippen LogP contribution in [0.2, 0.25) is 0 Å². The number of benzene rings is 2. The highest BCUT2D eigenvalue weighted by Gasteiger charge is 2.28. The summed E-state index contributed by atoms with van der Waals surface area (Å²) >= 11 is 0. The number of hydrogen-bond donors (Lipinski definition) is 3. The summed E-state index contributed by atoms with van der Waals surface area (Å²) in [5, 5.41) is 8.63. The number of carbonyl (C=O) groups is 1. The van der Waals surface area contributed by atoms with Gasteiger partial charge in [-0.1, -0.05) is 30.3 Å². The van der Waals surface area contributed by atoms with Crippen molar-refractivity contribution in [1.82, 2.24) is 0 Å². The van der Waals surface area contributed by atoms with Crippen molar-refractivity contribution in [3.8, 4) is 11.5 Å². The molecule has 128 valence electrons. The average Bonchev–Trinajstić information content (AvgIpc) is 2.55. The van der Waals surface area contributed by atoms with Crippen LogP contribution in [0.15, 0.2) is 54.6 Å². The Kier molecular flexibility index (Phi) is 6.15. The van der Waals surface area contributed by atoms with E-state index in [-0.39, 0.29) is 19.0 Å². The number of carboxylic acids is 1. The fourth-order valence-electron chi connectivity index (χ4n) is 2.14. The van der Waals surface area contributed by atoms with E-state index in [1.54, 1.807) is 24.3 Å². The quantitative estimate of drug-likeness (QED) is 0.630. The molecule has 0 aromatic heterocycles. The Hall–Kier alpha value is -2.14. The first-order valence-electron chi connectivity index (χ1n) is 7.47. The molecular formula is C17H20NO5P. The highest BCUT2D eigenvalue weighted by molar-refractivity contribution is 7.57. The van der Waals surface area contributed by atoms with Gasteiger partial charge in [0.2, 0.25) is 7.37 Å². The number of hydrogen-bond acceptors (Lipinski definition) is 4. The van der Waals surface area contributed by atoms with Crippen LogP contribution >= 0.6 is 7.37 Å². The first kappa shape index (κ1) is 18.2. The van der Waals surface area contributed by atoms with E-state index in [0.717, 1.165) is 0 Å². The molecule has 0 radical (unpaired) electrons. The maximum Gasteiger partial charge on any atom is 0.303 e. The van der Waals surface area contributed by atoms with Gasteiger partial charge in [0.15, 0.2) is 0 Å². The van der Waals surface area contributed by atoms with Gasteiger partial charge < -0.3 is 20.5 Å². The highest BCUT2D eigenvalue weighted by Crippen LogP contribution is 2.49. The fourth-order valence-corrected chi connectivity index (χ4v) is 3.64. The standard InChI is InChI=1S/C17H20NO5P/c18-16(10-11-17(19)20)24(21,22)12-13-6-8-15(9-7-13)23-14-4-2-1-3-5-14/h1-9,16H,10-12,18H2,(H,19,20)(H,21,22). The Morgan fingerprint density at radius 1 is 1.08 bits per heavy atom. The van der Waals surface area contributed by atoms with Crippen molar-refractivity contribution in [2.75, 3.05) is 0 Å². The molecule has 4 N–H and O–H groups in total. The van der Waals surface area contributed by atoms with Gasteiger partial charge in [0.05, 0.1) is 11.9 Å². The van der Waals surface area contributed by atoms with Gasteiger partial charge in [0, 0.05) is 6.42 Å². The molecule has 0 fully saturated rings. The van der Waals surface area contributed by atoms with Crippen molar-refractivity contribution < 1.29 is 24.1 Å². The number of para-hydroxylation sites is 1. The molecule has 2 aromatic carbocycles. The summed E-state index contributed by atoms with van der Waals surface area (Å²) in [4.78, 5) is 20.6. The highest BCUT2D eigenvalue weighted by atomic mass is 31.2. The monoisotopic (exact) mass is 349 g/mol. The van der Waals surface area contributed by atoms with Crippen molar-refractivity contribution in [2.24, 2.45) is 5.73 Å². The van der Waals surface area contributed by atoms with Crippen molar-refractivity contribution in [2.45, 2.75) is 24.8 Å². The van der Waals surface area contributed by atoms with E-state index >= 15 is 0 Å². The van der Waals surface area contributed by atoms with Crippen molar-refractivity contribution in [3.63, 3.8) is 0 Å². The van der Waals surface area contributed by atoms with Gasteiger partial charge in [-0.15, -0.1) is 0 Å². The van der Waals surface area contributed by atoms with Gasteiger partial charge in [0.1, 0.15) is 11.5 Å². The topological polar surface area (TPSA) is 110 Å². The van der Waals surface area contributed by atoms with E-state index in [9.17, 15) is 14.3 Å². The van der Waals surface area contributed by atoms with E-state index in [2.05, 4.69) is 0 Å². The van der Waals surface area contributed by atoms with Gasteiger partial charge >= 0.3 is 5.97 Å². The van der Waals surface area contributed by atoms with Crippen LogP contribution in [0, 0.1) is 0 Å². The molecule has 2 aromatic rings. The van der Waals surface area contributed by atoms with Gasteiger partial charge in [0.25, 0.3) is 0 Å². The minimum atomic E-state index is -3.67. The summed E-state index contributed by atoms with van der Waals surface area (Å²) < 4.78 is 17.9. The average molecular weight is 349 g/mol. The second-order valence-electron chi connectivity index (χ2n) is 5.47. The zero-order valence-electron chi connectivity index (χ0n) is 13.0. The molecule has 0 aliphatic heterocycles. The Morgan fingerprint density at radius 3 is 2.25 bits per heavy atom. The van der Waals surface area contributed by atoms with Crippen LogP contribution in [0.4, 0.5) is 0 Å². The summed E-state index contributed by atoms with van der Waals surface area (Å²) in [6.45, 7) is 0. The predicted octanol–water partition coefficient (Wildman–Crippen LogP) is 3.40. The smallest absolute Gasteiger partial charge is 0.303 e. The second kappa shape index (κ2) is 8.11. The van der Waals surface area contributed by atoms with Crippen LogP contribution in [0.5, 0.6) is 11.5 Å². The van der Waals surface area contributed by atoms with Crippen molar-refractivity contribution >= 4 is 13.3 Å². The molecule has 0 heterocycles. The van der Waals surface area contributed by atoms with E-state index in [1.165, 1.54) is 0 Å². The van der Waals surface area contributed by atoms with Gasteiger partial charge in [-0.05, 0) is 36.2 Å². The molecule has 0 spiro atoms. The lowest BCUT2D eigenvalue weighted by Gasteiger charge is -2.18. The van der Waals surface area contributed by atoms with Crippen molar-refractivity contribution in [3.05, 3.63) is 60.2 Å². The second-order valence-corrected chi connectivity index (χ2v) is 7.96. The molecule has 0 saturated heterocycles. The normalized spacial score (nSPS) is 14.6. The number of rotatable bonds is 8. The molecule has 0 aliphatic rings. The maximum atomic E-state index is 12.3. The third kappa shape index (κ3) is 5.49. The van der Waals surface area contributed by atoms with Gasteiger partial charge in [-0.25, -0.2) is 0 Å². The largest absolute Gasteiger partial charge is 0.481 e. The van der Waals surface area contributed by atoms with Crippen LogP contribution < -0.4 is 10.5 Å². The molecule has 2 atom stereocenters. The lowest BCUT2D eigenvalue weighted by atomic mass is 10.2. The first-order chi connectivity index (χ1) is 11.4. The molecule has 0 saturated carbocycles. The molecule has 6 nitrogen and oxygen atoms in total. The minimum Gasteiger partial charge on any atom is -0.481 e. The van der Waals surface area contributed by atoms with E-state index in [0.29, 0.717) is 17.1 Å². The van der Waals surface area contributed by atoms with Crippen LogP contribution in [-0.2, 0) is 15.5 Å². The SMILES string of the molecule is NC(CCC(=O)O)P(=O)(O)Cc1ccc(Oc2ccccc2)cc1. The van der Waals surface area contributed by atoms with Gasteiger partial charge in [-0.3, -0.25) is 9.36 Å². The van der Waals surface area contributed by atoms with Crippen LogP contribution in [-0.4, -0.2) is 21.8 Å². The third-order valence-electron chi connectivity index (χ3n) is 3.48. The Balaban J connectivity index is 1.97.